The molecule has 2 atom stereocenters. The Hall–Kier alpha value is -1.39. The highest BCUT2D eigenvalue weighted by Crippen LogP contribution is 2.29. The van der Waals surface area contributed by atoms with Crippen molar-refractivity contribution in [3.63, 3.8) is 0 Å². The summed E-state index contributed by atoms with van der Waals surface area (Å²) in [5, 5.41) is 3.20. The number of amides is 1. The van der Waals surface area contributed by atoms with Crippen LogP contribution in [0.4, 0.5) is 0 Å². The molecule has 1 amide bonds. The van der Waals surface area contributed by atoms with Gasteiger partial charge in [-0.15, -0.1) is 0 Å². The van der Waals surface area contributed by atoms with Crippen molar-refractivity contribution in [2.45, 2.75) is 50.7 Å². The van der Waals surface area contributed by atoms with Crippen molar-refractivity contribution in [2.75, 3.05) is 13.1 Å². The molecule has 0 aromatic heterocycles. The summed E-state index contributed by atoms with van der Waals surface area (Å²) < 4.78 is 0. The van der Waals surface area contributed by atoms with Gasteiger partial charge in [-0.2, -0.15) is 0 Å². The zero-order valence-electron chi connectivity index (χ0n) is 13.4. The lowest BCUT2D eigenvalue weighted by Crippen LogP contribution is -2.47. The minimum atomic E-state index is -0.243. The van der Waals surface area contributed by atoms with Crippen LogP contribution < -0.4 is 11.1 Å². The predicted octanol–water partition coefficient (Wildman–Crippen LogP) is 2.07. The van der Waals surface area contributed by atoms with Crippen molar-refractivity contribution >= 4 is 5.91 Å². The van der Waals surface area contributed by atoms with Gasteiger partial charge in [0.05, 0.1) is 5.92 Å². The smallest absolute Gasteiger partial charge is 0.224 e. The van der Waals surface area contributed by atoms with E-state index in [2.05, 4.69) is 10.2 Å². The second kappa shape index (κ2) is 6.80. The van der Waals surface area contributed by atoms with E-state index in [0.717, 1.165) is 37.5 Å². The zero-order valence-corrected chi connectivity index (χ0v) is 13.4. The van der Waals surface area contributed by atoms with Gasteiger partial charge in [-0.1, -0.05) is 37.3 Å². The van der Waals surface area contributed by atoms with Crippen LogP contribution in [0, 0.1) is 5.92 Å². The second-order valence-corrected chi connectivity index (χ2v) is 6.78. The Labute approximate surface area is 133 Å². The van der Waals surface area contributed by atoms with Crippen LogP contribution in [0.3, 0.4) is 0 Å². The monoisotopic (exact) mass is 301 g/mol. The van der Waals surface area contributed by atoms with Crippen LogP contribution in [0.25, 0.3) is 0 Å². The Morgan fingerprint density at radius 2 is 1.82 bits per heavy atom. The van der Waals surface area contributed by atoms with Crippen LogP contribution in [0.15, 0.2) is 30.3 Å². The summed E-state index contributed by atoms with van der Waals surface area (Å²) in [5.74, 6) is -0.120. The van der Waals surface area contributed by atoms with Gasteiger partial charge in [0.15, 0.2) is 0 Å². The molecule has 2 fully saturated rings. The Bertz CT molecular complexity index is 492. The van der Waals surface area contributed by atoms with Crippen molar-refractivity contribution < 1.29 is 4.79 Å². The Morgan fingerprint density at radius 3 is 2.41 bits per heavy atom. The zero-order chi connectivity index (χ0) is 15.5. The van der Waals surface area contributed by atoms with E-state index in [1.54, 1.807) is 0 Å². The molecule has 0 bridgehead atoms. The normalized spacial score (nSPS) is 23.0. The quantitative estimate of drug-likeness (QED) is 0.875. The highest BCUT2D eigenvalue weighted by molar-refractivity contribution is 5.79. The van der Waals surface area contributed by atoms with Gasteiger partial charge in [0.2, 0.25) is 5.91 Å². The predicted molar refractivity (Wildman–Crippen MR) is 88.3 cm³/mol. The van der Waals surface area contributed by atoms with E-state index in [9.17, 15) is 4.79 Å². The number of nitrogens with two attached hydrogens (primary N) is 1. The van der Waals surface area contributed by atoms with E-state index in [4.69, 9.17) is 5.73 Å². The van der Waals surface area contributed by atoms with Crippen LogP contribution in [-0.2, 0) is 4.79 Å². The molecule has 1 aromatic carbocycles. The second-order valence-electron chi connectivity index (χ2n) is 6.78. The van der Waals surface area contributed by atoms with Gasteiger partial charge in [-0.25, -0.2) is 0 Å². The summed E-state index contributed by atoms with van der Waals surface area (Å²) in [4.78, 5) is 15.0. The molecular formula is C18H27N3O. The van der Waals surface area contributed by atoms with Crippen molar-refractivity contribution in [3.8, 4) is 0 Å². The lowest BCUT2D eigenvalue weighted by Gasteiger charge is -2.33. The van der Waals surface area contributed by atoms with Gasteiger partial charge >= 0.3 is 0 Å². The number of carbonyl (C=O) groups is 1. The van der Waals surface area contributed by atoms with Crippen LogP contribution in [0.5, 0.6) is 0 Å². The van der Waals surface area contributed by atoms with Crippen LogP contribution in [0.1, 0.15) is 44.2 Å². The average molecular weight is 301 g/mol. The number of piperidine rings is 1. The molecule has 0 radical (unpaired) electrons. The molecule has 1 saturated heterocycles. The number of carbonyl (C=O) groups excluding carboxylic acids is 1. The SMILES string of the molecule is CC(C(=O)NC1CCN(C2CC2)CC1)C(N)c1ccccc1. The minimum absolute atomic E-state index is 0.0845. The molecule has 3 N–H and O–H groups in total. The third kappa shape index (κ3) is 3.68. The summed E-state index contributed by atoms with van der Waals surface area (Å²) >= 11 is 0. The molecule has 4 heteroatoms. The lowest BCUT2D eigenvalue weighted by atomic mass is 9.94. The average Bonchev–Trinajstić information content (AvgIpc) is 3.40. The highest BCUT2D eigenvalue weighted by Gasteiger charge is 2.32. The molecule has 0 spiro atoms. The number of hydrogen-bond acceptors (Lipinski definition) is 3. The van der Waals surface area contributed by atoms with E-state index in [1.807, 2.05) is 37.3 Å². The molecular weight excluding hydrogens is 274 g/mol. The van der Waals surface area contributed by atoms with Crippen molar-refractivity contribution in [2.24, 2.45) is 11.7 Å². The fourth-order valence-electron chi connectivity index (χ4n) is 3.31. The fraction of sp³-hybridized carbons (Fsp3) is 0.611. The third-order valence-corrected chi connectivity index (χ3v) is 5.08. The van der Waals surface area contributed by atoms with Crippen LogP contribution >= 0.6 is 0 Å². The first-order chi connectivity index (χ1) is 10.6. The van der Waals surface area contributed by atoms with E-state index in [-0.39, 0.29) is 17.9 Å². The van der Waals surface area contributed by atoms with Crippen LogP contribution in [0.2, 0.25) is 0 Å². The molecule has 120 valence electrons. The molecule has 2 unspecified atom stereocenters. The lowest BCUT2D eigenvalue weighted by molar-refractivity contribution is -0.126. The maximum Gasteiger partial charge on any atom is 0.224 e. The van der Waals surface area contributed by atoms with E-state index >= 15 is 0 Å². The molecule has 1 aliphatic carbocycles. The van der Waals surface area contributed by atoms with E-state index < -0.39 is 0 Å². The molecule has 1 heterocycles. The van der Waals surface area contributed by atoms with E-state index in [0.29, 0.717) is 6.04 Å². The number of nitrogens with one attached hydrogen (secondary N) is 1. The van der Waals surface area contributed by atoms with Gasteiger partial charge in [-0.3, -0.25) is 4.79 Å². The number of rotatable bonds is 5. The first-order valence-electron chi connectivity index (χ1n) is 8.50. The summed E-state index contributed by atoms with van der Waals surface area (Å²) in [7, 11) is 0. The van der Waals surface area contributed by atoms with Crippen molar-refractivity contribution in [1.29, 1.82) is 0 Å². The fourth-order valence-corrected chi connectivity index (χ4v) is 3.31. The highest BCUT2D eigenvalue weighted by atomic mass is 16.2. The Balaban J connectivity index is 1.49. The molecule has 2 aliphatic rings. The van der Waals surface area contributed by atoms with Gasteiger partial charge in [0, 0.05) is 31.2 Å². The summed E-state index contributed by atoms with van der Waals surface area (Å²) in [5.41, 5.74) is 7.27. The van der Waals surface area contributed by atoms with Gasteiger partial charge < -0.3 is 16.0 Å². The van der Waals surface area contributed by atoms with E-state index in [1.165, 1.54) is 12.8 Å². The molecule has 1 saturated carbocycles. The maximum atomic E-state index is 12.4. The molecule has 3 rings (SSSR count). The standard InChI is InChI=1S/C18H27N3O/c1-13(17(19)14-5-3-2-4-6-14)18(22)20-15-9-11-21(12-10-15)16-7-8-16/h2-6,13,15-17H,7-12,19H2,1H3,(H,20,22). The number of benzene rings is 1. The minimum Gasteiger partial charge on any atom is -0.353 e. The maximum absolute atomic E-state index is 12.4. The van der Waals surface area contributed by atoms with Crippen molar-refractivity contribution in [3.05, 3.63) is 35.9 Å². The molecule has 1 aromatic rings. The van der Waals surface area contributed by atoms with Gasteiger partial charge in [0.25, 0.3) is 0 Å². The number of likely N-dealkylation sites (tertiary alicyclic amines) is 1. The number of nitrogens with zero attached hydrogens (tertiary/aromatic N) is 1. The molecule has 22 heavy (non-hydrogen) atoms. The van der Waals surface area contributed by atoms with Gasteiger partial charge in [-0.05, 0) is 31.2 Å². The molecule has 4 nitrogen and oxygen atoms in total. The largest absolute Gasteiger partial charge is 0.353 e. The molecule has 1 aliphatic heterocycles. The number of hydrogen-bond donors (Lipinski definition) is 2. The van der Waals surface area contributed by atoms with Crippen LogP contribution in [-0.4, -0.2) is 36.0 Å². The van der Waals surface area contributed by atoms with Crippen molar-refractivity contribution in [1.82, 2.24) is 10.2 Å². The Kier molecular flexibility index (Phi) is 4.79. The third-order valence-electron chi connectivity index (χ3n) is 5.08. The summed E-state index contributed by atoms with van der Waals surface area (Å²) in [6, 6.07) is 10.8. The first-order valence-corrected chi connectivity index (χ1v) is 8.50. The Morgan fingerprint density at radius 1 is 1.18 bits per heavy atom. The topological polar surface area (TPSA) is 58.4 Å². The first kappa shape index (κ1) is 15.5. The summed E-state index contributed by atoms with van der Waals surface area (Å²) in [6.45, 7) is 4.16. The van der Waals surface area contributed by atoms with Gasteiger partial charge in [0.1, 0.15) is 0 Å². The summed E-state index contributed by atoms with van der Waals surface area (Å²) in [6.07, 6.45) is 4.85.